The highest BCUT2D eigenvalue weighted by molar-refractivity contribution is 6.30. The minimum absolute atomic E-state index is 0.0377. The van der Waals surface area contributed by atoms with Crippen molar-refractivity contribution in [1.82, 2.24) is 5.32 Å². The third-order valence-electron chi connectivity index (χ3n) is 5.20. The normalized spacial score (nSPS) is 15.9. The zero-order valence-electron chi connectivity index (χ0n) is 16.4. The van der Waals surface area contributed by atoms with Crippen LogP contribution in [0.4, 0.5) is 0 Å². The average molecular weight is 404 g/mol. The van der Waals surface area contributed by atoms with Crippen LogP contribution in [-0.4, -0.2) is 38.8 Å². The fraction of sp³-hybridized carbons (Fsp3) is 0.409. The van der Waals surface area contributed by atoms with E-state index >= 15 is 0 Å². The summed E-state index contributed by atoms with van der Waals surface area (Å²) in [6.45, 7) is 7.91. The Morgan fingerprint density at radius 1 is 1.18 bits per heavy atom. The number of hydrogen-bond donors (Lipinski definition) is 3. The van der Waals surface area contributed by atoms with Crippen LogP contribution in [0.2, 0.25) is 5.02 Å². The number of carbonyl (C=O) groups excluding carboxylic acids is 1. The van der Waals surface area contributed by atoms with Gasteiger partial charge >= 0.3 is 0 Å². The van der Waals surface area contributed by atoms with Gasteiger partial charge in [-0.3, -0.25) is 4.79 Å². The molecule has 1 heterocycles. The Bertz CT molecular complexity index is 761. The summed E-state index contributed by atoms with van der Waals surface area (Å²) in [6, 6.07) is 16.5. The van der Waals surface area contributed by atoms with Crippen LogP contribution in [0.1, 0.15) is 29.7 Å². The number of morpholine rings is 1. The van der Waals surface area contributed by atoms with Gasteiger partial charge in [-0.15, -0.1) is 0 Å². The molecule has 0 bridgehead atoms. The van der Waals surface area contributed by atoms with E-state index in [4.69, 9.17) is 16.3 Å². The van der Waals surface area contributed by atoms with Crippen molar-refractivity contribution in [2.45, 2.75) is 26.1 Å². The Hall–Kier alpha value is -1.92. The first-order valence-corrected chi connectivity index (χ1v) is 10.3. The van der Waals surface area contributed by atoms with Crippen LogP contribution < -0.4 is 15.5 Å². The third-order valence-corrected chi connectivity index (χ3v) is 5.43. The van der Waals surface area contributed by atoms with Crippen LogP contribution in [0.3, 0.4) is 0 Å². The Kier molecular flexibility index (Phi) is 7.86. The summed E-state index contributed by atoms with van der Waals surface area (Å²) in [5.41, 5.74) is 3.57. The molecule has 6 heteroatoms. The number of halogens is 1. The average Bonchev–Trinajstić information content (AvgIpc) is 2.72. The molecule has 1 aliphatic rings. The molecule has 4 N–H and O–H groups in total. The number of hydrogen-bond acceptors (Lipinski definition) is 2. The number of carbonyl (C=O) groups is 1. The van der Waals surface area contributed by atoms with E-state index in [1.807, 2.05) is 29.6 Å². The summed E-state index contributed by atoms with van der Waals surface area (Å²) in [5, 5.41) is 5.75. The highest BCUT2D eigenvalue weighted by Crippen LogP contribution is 2.14. The number of benzene rings is 2. The molecular formula is C22H30ClN3O2+2. The molecule has 1 aliphatic heterocycles. The number of rotatable bonds is 8. The number of amides is 1. The molecule has 1 saturated heterocycles. The summed E-state index contributed by atoms with van der Waals surface area (Å²) in [7, 11) is 0. The van der Waals surface area contributed by atoms with E-state index in [-0.39, 0.29) is 11.9 Å². The van der Waals surface area contributed by atoms with Crippen LogP contribution in [0.15, 0.2) is 48.5 Å². The Morgan fingerprint density at radius 2 is 1.89 bits per heavy atom. The van der Waals surface area contributed by atoms with Gasteiger partial charge in [0.1, 0.15) is 25.7 Å². The highest BCUT2D eigenvalue weighted by Gasteiger charge is 2.14. The molecule has 2 aromatic carbocycles. The van der Waals surface area contributed by atoms with Crippen molar-refractivity contribution in [3.63, 3.8) is 0 Å². The highest BCUT2D eigenvalue weighted by atomic mass is 35.5. The molecular weight excluding hydrogens is 374 g/mol. The van der Waals surface area contributed by atoms with Gasteiger partial charge in [-0.2, -0.15) is 0 Å². The standard InChI is InChI=1S/C22H28ClN3O2/c1-17(20-3-2-4-21(23)13-20)24-15-22(27)25-14-18-5-7-19(8-6-18)16-26-9-11-28-12-10-26/h2-8,13,17,24H,9-12,14-16H2,1H3,(H,25,27)/p+2/t17-/m0/s1. The van der Waals surface area contributed by atoms with Gasteiger partial charge in [0.25, 0.3) is 5.91 Å². The second-order valence-corrected chi connectivity index (χ2v) is 7.85. The van der Waals surface area contributed by atoms with Crippen molar-refractivity contribution >= 4 is 17.5 Å². The van der Waals surface area contributed by atoms with E-state index < -0.39 is 0 Å². The number of ether oxygens (including phenoxy) is 1. The minimum atomic E-state index is 0.0377. The van der Waals surface area contributed by atoms with E-state index in [0.29, 0.717) is 13.1 Å². The summed E-state index contributed by atoms with van der Waals surface area (Å²) < 4.78 is 5.41. The van der Waals surface area contributed by atoms with Gasteiger partial charge < -0.3 is 20.3 Å². The zero-order valence-corrected chi connectivity index (χ0v) is 17.2. The van der Waals surface area contributed by atoms with Crippen molar-refractivity contribution in [1.29, 1.82) is 0 Å². The first-order chi connectivity index (χ1) is 13.6. The minimum Gasteiger partial charge on any atom is -0.370 e. The van der Waals surface area contributed by atoms with Gasteiger partial charge in [-0.05, 0) is 24.6 Å². The molecule has 0 spiro atoms. The summed E-state index contributed by atoms with van der Waals surface area (Å²) >= 11 is 6.03. The Labute approximate surface area is 172 Å². The van der Waals surface area contributed by atoms with E-state index in [0.717, 1.165) is 49.0 Å². The molecule has 1 fully saturated rings. The van der Waals surface area contributed by atoms with Crippen LogP contribution in [-0.2, 0) is 22.6 Å². The lowest BCUT2D eigenvalue weighted by Gasteiger charge is -2.23. The first kappa shape index (κ1) is 20.8. The lowest BCUT2D eigenvalue weighted by atomic mass is 10.1. The van der Waals surface area contributed by atoms with Gasteiger partial charge in [-0.25, -0.2) is 0 Å². The van der Waals surface area contributed by atoms with Gasteiger partial charge in [0.05, 0.1) is 13.2 Å². The molecule has 28 heavy (non-hydrogen) atoms. The SMILES string of the molecule is C[C@H]([NH2+]CC(=O)NCc1ccc(C[NH+]2CCOCC2)cc1)c1cccc(Cl)c1. The van der Waals surface area contributed by atoms with Gasteiger partial charge in [0.2, 0.25) is 0 Å². The molecule has 3 rings (SSSR count). The molecule has 150 valence electrons. The van der Waals surface area contributed by atoms with Crippen molar-refractivity contribution in [2.24, 2.45) is 0 Å². The predicted molar refractivity (Wildman–Crippen MR) is 110 cm³/mol. The summed E-state index contributed by atoms with van der Waals surface area (Å²) in [6.07, 6.45) is 0. The van der Waals surface area contributed by atoms with Gasteiger partial charge in [0, 0.05) is 22.7 Å². The maximum Gasteiger partial charge on any atom is 0.275 e. The second-order valence-electron chi connectivity index (χ2n) is 7.42. The second kappa shape index (κ2) is 10.6. The molecule has 1 atom stereocenters. The van der Waals surface area contributed by atoms with Crippen LogP contribution in [0, 0.1) is 0 Å². The lowest BCUT2D eigenvalue weighted by molar-refractivity contribution is -0.921. The van der Waals surface area contributed by atoms with E-state index in [2.05, 4.69) is 36.5 Å². The molecule has 2 aromatic rings. The summed E-state index contributed by atoms with van der Waals surface area (Å²) in [4.78, 5) is 13.7. The summed E-state index contributed by atoms with van der Waals surface area (Å²) in [5.74, 6) is 0.0377. The molecule has 5 nitrogen and oxygen atoms in total. The van der Waals surface area contributed by atoms with Crippen LogP contribution >= 0.6 is 11.6 Å². The Balaban J connectivity index is 1.39. The first-order valence-electron chi connectivity index (χ1n) is 9.95. The third kappa shape index (κ3) is 6.60. The van der Waals surface area contributed by atoms with Crippen molar-refractivity contribution in [3.05, 3.63) is 70.2 Å². The predicted octanol–water partition coefficient (Wildman–Crippen LogP) is 0.696. The maximum absolute atomic E-state index is 12.2. The number of quaternary nitrogens is 2. The monoisotopic (exact) mass is 403 g/mol. The zero-order chi connectivity index (χ0) is 19.8. The molecule has 0 aliphatic carbocycles. The molecule has 0 unspecified atom stereocenters. The quantitative estimate of drug-likeness (QED) is 0.607. The Morgan fingerprint density at radius 3 is 2.61 bits per heavy atom. The molecule has 0 radical (unpaired) electrons. The fourth-order valence-electron chi connectivity index (χ4n) is 3.38. The largest absolute Gasteiger partial charge is 0.370 e. The van der Waals surface area contributed by atoms with E-state index in [1.165, 1.54) is 5.56 Å². The van der Waals surface area contributed by atoms with Crippen molar-refractivity contribution in [3.8, 4) is 0 Å². The van der Waals surface area contributed by atoms with E-state index in [9.17, 15) is 4.79 Å². The maximum atomic E-state index is 12.2. The van der Waals surface area contributed by atoms with Crippen molar-refractivity contribution in [2.75, 3.05) is 32.8 Å². The molecule has 0 aromatic heterocycles. The van der Waals surface area contributed by atoms with Gasteiger partial charge in [-0.1, -0.05) is 48.0 Å². The topological polar surface area (TPSA) is 59.4 Å². The number of nitrogens with one attached hydrogen (secondary N) is 2. The van der Waals surface area contributed by atoms with E-state index in [1.54, 1.807) is 4.90 Å². The van der Waals surface area contributed by atoms with Gasteiger partial charge in [0.15, 0.2) is 6.54 Å². The smallest absolute Gasteiger partial charge is 0.275 e. The fourth-order valence-corrected chi connectivity index (χ4v) is 3.58. The molecule has 0 saturated carbocycles. The van der Waals surface area contributed by atoms with Crippen molar-refractivity contribution < 1.29 is 19.7 Å². The van der Waals surface area contributed by atoms with Crippen LogP contribution in [0.25, 0.3) is 0 Å². The van der Waals surface area contributed by atoms with Crippen LogP contribution in [0.5, 0.6) is 0 Å². The molecule has 1 amide bonds. The lowest BCUT2D eigenvalue weighted by Crippen LogP contribution is -3.12. The number of nitrogens with two attached hydrogens (primary N) is 1.